The molecule has 3 rings (SSSR count). The van der Waals surface area contributed by atoms with E-state index in [0.29, 0.717) is 16.6 Å². The van der Waals surface area contributed by atoms with E-state index in [2.05, 4.69) is 17.2 Å². The minimum absolute atomic E-state index is 0.0468. The van der Waals surface area contributed by atoms with Crippen molar-refractivity contribution in [2.75, 3.05) is 0 Å². The molecule has 1 aliphatic rings. The fourth-order valence-corrected chi connectivity index (χ4v) is 3.38. The van der Waals surface area contributed by atoms with Crippen molar-refractivity contribution in [2.45, 2.75) is 38.6 Å². The van der Waals surface area contributed by atoms with Crippen molar-refractivity contribution in [3.63, 3.8) is 0 Å². The van der Waals surface area contributed by atoms with Crippen molar-refractivity contribution in [3.8, 4) is 0 Å². The Hall–Kier alpha value is -1.61. The third kappa shape index (κ3) is 3.03. The van der Waals surface area contributed by atoms with Gasteiger partial charge < -0.3 is 5.32 Å². The highest BCUT2D eigenvalue weighted by atomic mass is 35.5. The number of aromatic nitrogens is 1. The topological polar surface area (TPSA) is 42.0 Å². The van der Waals surface area contributed by atoms with E-state index >= 15 is 0 Å². The number of benzene rings is 1. The van der Waals surface area contributed by atoms with Crippen LogP contribution in [-0.2, 0) is 0 Å². The van der Waals surface area contributed by atoms with Crippen LogP contribution in [0.1, 0.15) is 43.0 Å². The van der Waals surface area contributed by atoms with Crippen LogP contribution in [0.15, 0.2) is 30.5 Å². The SMILES string of the molecule is CC1CCCC(NC(=O)c2cnc(Cl)c3ccccc23)C1. The van der Waals surface area contributed by atoms with Crippen LogP contribution in [-0.4, -0.2) is 16.9 Å². The van der Waals surface area contributed by atoms with Gasteiger partial charge in [-0.2, -0.15) is 0 Å². The molecule has 2 unspecified atom stereocenters. The lowest BCUT2D eigenvalue weighted by atomic mass is 9.87. The molecule has 21 heavy (non-hydrogen) atoms. The Morgan fingerprint density at radius 3 is 2.81 bits per heavy atom. The Morgan fingerprint density at radius 1 is 1.29 bits per heavy atom. The minimum atomic E-state index is -0.0468. The van der Waals surface area contributed by atoms with E-state index in [4.69, 9.17) is 11.6 Å². The number of pyridine rings is 1. The second-order valence-corrected chi connectivity index (χ2v) is 6.31. The Bertz CT molecular complexity index is 671. The summed E-state index contributed by atoms with van der Waals surface area (Å²) in [5, 5.41) is 5.28. The lowest BCUT2D eigenvalue weighted by Crippen LogP contribution is -2.38. The maximum absolute atomic E-state index is 12.6. The normalized spacial score (nSPS) is 22.2. The van der Waals surface area contributed by atoms with Crippen molar-refractivity contribution in [3.05, 3.63) is 41.2 Å². The summed E-state index contributed by atoms with van der Waals surface area (Å²) in [5.74, 6) is 0.638. The first kappa shape index (κ1) is 14.3. The third-order valence-electron chi connectivity index (χ3n) is 4.26. The van der Waals surface area contributed by atoms with Crippen LogP contribution < -0.4 is 5.32 Å². The Balaban J connectivity index is 1.86. The van der Waals surface area contributed by atoms with Crippen molar-refractivity contribution in [1.29, 1.82) is 0 Å². The number of carbonyl (C=O) groups excluding carboxylic acids is 1. The molecule has 4 heteroatoms. The van der Waals surface area contributed by atoms with Crippen LogP contribution in [0.4, 0.5) is 0 Å². The molecule has 1 heterocycles. The number of halogens is 1. The van der Waals surface area contributed by atoms with Crippen molar-refractivity contribution in [2.24, 2.45) is 5.92 Å². The average molecular weight is 303 g/mol. The van der Waals surface area contributed by atoms with E-state index in [1.165, 1.54) is 12.8 Å². The molecule has 0 spiro atoms. The summed E-state index contributed by atoms with van der Waals surface area (Å²) in [7, 11) is 0. The van der Waals surface area contributed by atoms with Gasteiger partial charge in [0.05, 0.1) is 5.56 Å². The largest absolute Gasteiger partial charge is 0.349 e. The van der Waals surface area contributed by atoms with Gasteiger partial charge >= 0.3 is 0 Å². The number of carbonyl (C=O) groups is 1. The second-order valence-electron chi connectivity index (χ2n) is 5.95. The van der Waals surface area contributed by atoms with E-state index in [-0.39, 0.29) is 11.9 Å². The van der Waals surface area contributed by atoms with Crippen LogP contribution in [0.3, 0.4) is 0 Å². The maximum atomic E-state index is 12.6. The summed E-state index contributed by atoms with van der Waals surface area (Å²) in [6.07, 6.45) is 6.15. The molecule has 0 aliphatic heterocycles. The number of nitrogens with one attached hydrogen (secondary N) is 1. The predicted molar refractivity (Wildman–Crippen MR) is 85.6 cm³/mol. The molecule has 1 N–H and O–H groups in total. The summed E-state index contributed by atoms with van der Waals surface area (Å²) in [6, 6.07) is 7.90. The highest BCUT2D eigenvalue weighted by Crippen LogP contribution is 2.26. The molecule has 0 bridgehead atoms. The van der Waals surface area contributed by atoms with E-state index in [0.717, 1.165) is 23.6 Å². The van der Waals surface area contributed by atoms with Gasteiger partial charge in [-0.1, -0.05) is 55.6 Å². The zero-order valence-electron chi connectivity index (χ0n) is 12.1. The molecule has 1 aromatic carbocycles. The fraction of sp³-hybridized carbons (Fsp3) is 0.412. The van der Waals surface area contributed by atoms with Crippen molar-refractivity contribution in [1.82, 2.24) is 10.3 Å². The number of amides is 1. The molecule has 1 saturated carbocycles. The predicted octanol–water partition coefficient (Wildman–Crippen LogP) is 4.20. The lowest BCUT2D eigenvalue weighted by molar-refractivity contribution is 0.0923. The molecule has 3 nitrogen and oxygen atoms in total. The molecular weight excluding hydrogens is 284 g/mol. The van der Waals surface area contributed by atoms with Gasteiger partial charge in [-0.15, -0.1) is 0 Å². The summed E-state index contributed by atoms with van der Waals surface area (Å²) in [6.45, 7) is 2.25. The molecule has 2 atom stereocenters. The molecule has 1 aliphatic carbocycles. The van der Waals surface area contributed by atoms with E-state index in [9.17, 15) is 4.79 Å². The van der Waals surface area contributed by atoms with Crippen molar-refractivity contribution >= 4 is 28.3 Å². The number of nitrogens with zero attached hydrogens (tertiary/aromatic N) is 1. The first-order valence-corrected chi connectivity index (χ1v) is 7.87. The zero-order chi connectivity index (χ0) is 14.8. The van der Waals surface area contributed by atoms with E-state index in [1.54, 1.807) is 6.20 Å². The zero-order valence-corrected chi connectivity index (χ0v) is 12.9. The minimum Gasteiger partial charge on any atom is -0.349 e. The third-order valence-corrected chi connectivity index (χ3v) is 4.56. The molecule has 1 aromatic heterocycles. The van der Waals surface area contributed by atoms with Gasteiger partial charge in [0.1, 0.15) is 5.15 Å². The Morgan fingerprint density at radius 2 is 2.05 bits per heavy atom. The standard InChI is InChI=1S/C17H19ClN2O/c1-11-5-4-6-12(9-11)20-17(21)15-10-19-16(18)14-8-3-2-7-13(14)15/h2-3,7-8,10-12H,4-6,9H2,1H3,(H,20,21). The number of hydrogen-bond acceptors (Lipinski definition) is 2. The molecular formula is C17H19ClN2O. The Labute approximate surface area is 129 Å². The van der Waals surface area contributed by atoms with Gasteiger partial charge in [0.15, 0.2) is 0 Å². The monoisotopic (exact) mass is 302 g/mol. The van der Waals surface area contributed by atoms with Gasteiger partial charge in [-0.3, -0.25) is 4.79 Å². The lowest BCUT2D eigenvalue weighted by Gasteiger charge is -2.27. The molecule has 0 radical (unpaired) electrons. The van der Waals surface area contributed by atoms with Gasteiger partial charge in [-0.05, 0) is 24.1 Å². The maximum Gasteiger partial charge on any atom is 0.253 e. The molecule has 110 valence electrons. The van der Waals surface area contributed by atoms with Crippen LogP contribution in [0.2, 0.25) is 5.15 Å². The van der Waals surface area contributed by atoms with Crippen LogP contribution in [0, 0.1) is 5.92 Å². The van der Waals surface area contributed by atoms with E-state index < -0.39 is 0 Å². The first-order valence-electron chi connectivity index (χ1n) is 7.49. The Kier molecular flexibility index (Phi) is 4.11. The van der Waals surface area contributed by atoms with E-state index in [1.807, 2.05) is 24.3 Å². The second kappa shape index (κ2) is 6.02. The molecule has 1 fully saturated rings. The quantitative estimate of drug-likeness (QED) is 0.845. The summed E-state index contributed by atoms with van der Waals surface area (Å²) in [5.41, 5.74) is 0.605. The van der Waals surface area contributed by atoms with Crippen LogP contribution >= 0.6 is 11.6 Å². The molecule has 0 saturated heterocycles. The smallest absolute Gasteiger partial charge is 0.253 e. The van der Waals surface area contributed by atoms with Gasteiger partial charge in [0, 0.05) is 17.6 Å². The molecule has 2 aromatic rings. The van der Waals surface area contributed by atoms with Crippen LogP contribution in [0.25, 0.3) is 10.8 Å². The number of hydrogen-bond donors (Lipinski definition) is 1. The van der Waals surface area contributed by atoms with Gasteiger partial charge in [-0.25, -0.2) is 4.98 Å². The summed E-state index contributed by atoms with van der Waals surface area (Å²) >= 11 is 6.10. The summed E-state index contributed by atoms with van der Waals surface area (Å²) in [4.78, 5) is 16.7. The van der Waals surface area contributed by atoms with Crippen molar-refractivity contribution < 1.29 is 4.79 Å². The fourth-order valence-electron chi connectivity index (χ4n) is 3.17. The molecule has 1 amide bonds. The number of fused-ring (bicyclic) bond motifs is 1. The van der Waals surface area contributed by atoms with Crippen LogP contribution in [0.5, 0.6) is 0 Å². The highest BCUT2D eigenvalue weighted by Gasteiger charge is 2.22. The van der Waals surface area contributed by atoms with Gasteiger partial charge in [0.25, 0.3) is 5.91 Å². The summed E-state index contributed by atoms with van der Waals surface area (Å²) < 4.78 is 0. The van der Waals surface area contributed by atoms with Gasteiger partial charge in [0.2, 0.25) is 0 Å². The highest BCUT2D eigenvalue weighted by molar-refractivity contribution is 6.34. The first-order chi connectivity index (χ1) is 10.1. The average Bonchev–Trinajstić information content (AvgIpc) is 2.48. The number of rotatable bonds is 2.